The summed E-state index contributed by atoms with van der Waals surface area (Å²) in [4.78, 5) is 39.9. The lowest BCUT2D eigenvalue weighted by Crippen LogP contribution is -2.46. The van der Waals surface area contributed by atoms with Gasteiger partial charge in [-0.2, -0.15) is 5.26 Å². The highest BCUT2D eigenvalue weighted by atomic mass is 16.2. The Labute approximate surface area is 130 Å². The van der Waals surface area contributed by atoms with Crippen molar-refractivity contribution in [1.29, 1.82) is 5.26 Å². The first kappa shape index (κ1) is 15.0. The molecule has 6 nitrogen and oxygen atoms in total. The van der Waals surface area contributed by atoms with Crippen molar-refractivity contribution in [3.8, 4) is 6.07 Å². The van der Waals surface area contributed by atoms with Crippen molar-refractivity contribution >= 4 is 17.7 Å². The van der Waals surface area contributed by atoms with Gasteiger partial charge in [0.05, 0.1) is 17.9 Å². The molecule has 118 valence electrons. The number of imide groups is 1. The second kappa shape index (κ2) is 6.07. The third kappa shape index (κ3) is 2.60. The Hall–Kier alpha value is -1.90. The van der Waals surface area contributed by atoms with Gasteiger partial charge in [-0.25, -0.2) is 0 Å². The molecule has 0 aromatic rings. The predicted molar refractivity (Wildman–Crippen MR) is 77.1 cm³/mol. The van der Waals surface area contributed by atoms with Crippen molar-refractivity contribution in [3.05, 3.63) is 0 Å². The molecule has 0 aromatic carbocycles. The normalized spacial score (nSPS) is 29.4. The van der Waals surface area contributed by atoms with Crippen LogP contribution in [0, 0.1) is 29.1 Å². The SMILES string of the molecule is N#CC1CCN(C(=O)CN2C(=O)C3CCCCC3C2=O)CC1. The van der Waals surface area contributed by atoms with E-state index in [4.69, 9.17) is 5.26 Å². The van der Waals surface area contributed by atoms with E-state index in [1.165, 1.54) is 4.90 Å². The topological polar surface area (TPSA) is 81.5 Å². The molecule has 3 fully saturated rings. The van der Waals surface area contributed by atoms with Gasteiger partial charge in [-0.1, -0.05) is 12.8 Å². The zero-order valence-corrected chi connectivity index (χ0v) is 12.7. The van der Waals surface area contributed by atoms with Crippen LogP contribution in [0.2, 0.25) is 0 Å². The first-order valence-corrected chi connectivity index (χ1v) is 8.14. The highest BCUT2D eigenvalue weighted by molar-refractivity contribution is 6.07. The minimum Gasteiger partial charge on any atom is -0.341 e. The Morgan fingerprint density at radius 3 is 2.09 bits per heavy atom. The fourth-order valence-corrected chi connectivity index (χ4v) is 3.88. The highest BCUT2D eigenvalue weighted by Crippen LogP contribution is 2.37. The standard InChI is InChI=1S/C16H21N3O3/c17-9-11-5-7-18(8-6-11)14(20)10-19-15(21)12-3-1-2-4-13(12)16(19)22/h11-13H,1-8,10H2. The number of nitrogens with zero attached hydrogens (tertiary/aromatic N) is 3. The first-order valence-electron chi connectivity index (χ1n) is 8.14. The van der Waals surface area contributed by atoms with Gasteiger partial charge >= 0.3 is 0 Å². The highest BCUT2D eigenvalue weighted by Gasteiger charge is 2.48. The molecular formula is C16H21N3O3. The number of hydrogen-bond acceptors (Lipinski definition) is 4. The molecule has 0 N–H and O–H groups in total. The molecular weight excluding hydrogens is 282 g/mol. The summed E-state index contributed by atoms with van der Waals surface area (Å²) >= 11 is 0. The van der Waals surface area contributed by atoms with Crippen LogP contribution >= 0.6 is 0 Å². The summed E-state index contributed by atoms with van der Waals surface area (Å²) < 4.78 is 0. The number of hydrogen-bond donors (Lipinski definition) is 0. The van der Waals surface area contributed by atoms with Crippen molar-refractivity contribution in [1.82, 2.24) is 9.80 Å². The molecule has 2 saturated heterocycles. The maximum absolute atomic E-state index is 12.4. The number of likely N-dealkylation sites (tertiary alicyclic amines) is 2. The van der Waals surface area contributed by atoms with Crippen molar-refractivity contribution in [2.45, 2.75) is 38.5 Å². The van der Waals surface area contributed by atoms with Crippen LogP contribution in [0.3, 0.4) is 0 Å². The molecule has 6 heteroatoms. The van der Waals surface area contributed by atoms with E-state index in [0.717, 1.165) is 25.7 Å². The Kier molecular flexibility index (Phi) is 4.14. The van der Waals surface area contributed by atoms with Gasteiger partial charge in [-0.15, -0.1) is 0 Å². The lowest BCUT2D eigenvalue weighted by atomic mass is 9.81. The van der Waals surface area contributed by atoms with Gasteiger partial charge in [-0.05, 0) is 25.7 Å². The minimum absolute atomic E-state index is 0.0157. The summed E-state index contributed by atoms with van der Waals surface area (Å²) in [6, 6.07) is 2.23. The van der Waals surface area contributed by atoms with E-state index in [-0.39, 0.29) is 42.0 Å². The van der Waals surface area contributed by atoms with Gasteiger partial charge in [0.15, 0.2) is 0 Å². The van der Waals surface area contributed by atoms with E-state index in [2.05, 4.69) is 6.07 Å². The average molecular weight is 303 g/mol. The maximum Gasteiger partial charge on any atom is 0.242 e. The van der Waals surface area contributed by atoms with Crippen LogP contribution in [0.5, 0.6) is 0 Å². The molecule has 1 saturated carbocycles. The van der Waals surface area contributed by atoms with Crippen molar-refractivity contribution in [2.24, 2.45) is 17.8 Å². The molecule has 0 spiro atoms. The Morgan fingerprint density at radius 1 is 1.05 bits per heavy atom. The van der Waals surface area contributed by atoms with E-state index in [9.17, 15) is 14.4 Å². The summed E-state index contributed by atoms with van der Waals surface area (Å²) in [5.41, 5.74) is 0. The van der Waals surface area contributed by atoms with Crippen molar-refractivity contribution in [3.63, 3.8) is 0 Å². The van der Waals surface area contributed by atoms with Gasteiger partial charge in [-0.3, -0.25) is 19.3 Å². The Bertz CT molecular complexity index is 507. The van der Waals surface area contributed by atoms with Crippen LogP contribution in [0.4, 0.5) is 0 Å². The van der Waals surface area contributed by atoms with E-state index in [1.807, 2.05) is 0 Å². The fourth-order valence-electron chi connectivity index (χ4n) is 3.88. The maximum atomic E-state index is 12.4. The van der Waals surface area contributed by atoms with Gasteiger partial charge in [0.25, 0.3) is 0 Å². The zero-order chi connectivity index (χ0) is 15.7. The molecule has 2 heterocycles. The van der Waals surface area contributed by atoms with Crippen LogP contribution in [-0.2, 0) is 14.4 Å². The Balaban J connectivity index is 1.61. The lowest BCUT2D eigenvalue weighted by Gasteiger charge is -2.30. The van der Waals surface area contributed by atoms with Crippen LogP contribution < -0.4 is 0 Å². The monoisotopic (exact) mass is 303 g/mol. The molecule has 1 aliphatic carbocycles. The summed E-state index contributed by atoms with van der Waals surface area (Å²) in [5.74, 6) is -0.861. The van der Waals surface area contributed by atoms with Crippen LogP contribution in [0.1, 0.15) is 38.5 Å². The quantitative estimate of drug-likeness (QED) is 0.710. The van der Waals surface area contributed by atoms with Gasteiger partial charge in [0.1, 0.15) is 6.54 Å². The molecule has 22 heavy (non-hydrogen) atoms. The second-order valence-corrected chi connectivity index (χ2v) is 6.54. The third-order valence-electron chi connectivity index (χ3n) is 5.26. The molecule has 0 radical (unpaired) electrons. The average Bonchev–Trinajstić information content (AvgIpc) is 2.80. The largest absolute Gasteiger partial charge is 0.341 e. The summed E-state index contributed by atoms with van der Waals surface area (Å²) in [6.07, 6.45) is 4.87. The van der Waals surface area contributed by atoms with E-state index in [1.54, 1.807) is 4.90 Å². The second-order valence-electron chi connectivity index (χ2n) is 6.54. The van der Waals surface area contributed by atoms with Crippen LogP contribution in [0.25, 0.3) is 0 Å². The predicted octanol–water partition coefficient (Wildman–Crippen LogP) is 0.924. The molecule has 2 atom stereocenters. The number of fused-ring (bicyclic) bond motifs is 1. The molecule has 2 aliphatic heterocycles. The van der Waals surface area contributed by atoms with Gasteiger partial charge in [0, 0.05) is 19.0 Å². The first-order chi connectivity index (χ1) is 10.6. The third-order valence-corrected chi connectivity index (χ3v) is 5.26. The summed E-state index contributed by atoms with van der Waals surface area (Å²) in [6.45, 7) is 0.960. The molecule has 2 unspecified atom stereocenters. The number of piperidine rings is 1. The van der Waals surface area contributed by atoms with Crippen LogP contribution in [-0.4, -0.2) is 47.2 Å². The number of nitriles is 1. The van der Waals surface area contributed by atoms with Crippen molar-refractivity contribution in [2.75, 3.05) is 19.6 Å². The summed E-state index contributed by atoms with van der Waals surface area (Å²) in [7, 11) is 0. The number of rotatable bonds is 2. The molecule has 3 rings (SSSR count). The van der Waals surface area contributed by atoms with Gasteiger partial charge < -0.3 is 4.90 Å². The van der Waals surface area contributed by atoms with Gasteiger partial charge in [0.2, 0.25) is 17.7 Å². The lowest BCUT2D eigenvalue weighted by molar-refractivity contribution is -0.147. The van der Waals surface area contributed by atoms with Crippen molar-refractivity contribution < 1.29 is 14.4 Å². The molecule has 3 aliphatic rings. The van der Waals surface area contributed by atoms with E-state index >= 15 is 0 Å². The fraction of sp³-hybridized carbons (Fsp3) is 0.750. The number of carbonyl (C=O) groups excluding carboxylic acids is 3. The summed E-state index contributed by atoms with van der Waals surface area (Å²) in [5, 5.41) is 8.88. The van der Waals surface area contributed by atoms with E-state index < -0.39 is 0 Å². The number of carbonyl (C=O) groups is 3. The molecule has 0 bridgehead atoms. The molecule has 0 aromatic heterocycles. The smallest absolute Gasteiger partial charge is 0.242 e. The minimum atomic E-state index is -0.196. The molecule has 3 amide bonds. The van der Waals surface area contributed by atoms with E-state index in [0.29, 0.717) is 25.9 Å². The number of amides is 3. The Morgan fingerprint density at radius 2 is 1.59 bits per heavy atom. The zero-order valence-electron chi connectivity index (χ0n) is 12.7. The van der Waals surface area contributed by atoms with Crippen LogP contribution in [0.15, 0.2) is 0 Å².